The summed E-state index contributed by atoms with van der Waals surface area (Å²) >= 11 is 0. The van der Waals surface area contributed by atoms with Gasteiger partial charge in [0.25, 0.3) is 10.1 Å². The van der Waals surface area contributed by atoms with Gasteiger partial charge >= 0.3 is 5.97 Å². The van der Waals surface area contributed by atoms with E-state index >= 15 is 0 Å². The molecule has 0 atom stereocenters. The predicted octanol–water partition coefficient (Wildman–Crippen LogP) is 0.540. The largest absolute Gasteiger partial charge is 0.459 e. The fraction of sp³-hybridized carbons (Fsp3) is 0.909. The summed E-state index contributed by atoms with van der Waals surface area (Å²) < 4.78 is 35.4. The summed E-state index contributed by atoms with van der Waals surface area (Å²) in [7, 11) is -0.314. The number of esters is 1. The van der Waals surface area contributed by atoms with E-state index in [1.807, 2.05) is 14.1 Å². The first-order chi connectivity index (χ1) is 7.83. The zero-order chi connectivity index (χ0) is 14.6. The average Bonchev–Trinajstić information content (AvgIpc) is 2.12. The van der Waals surface area contributed by atoms with Crippen molar-refractivity contribution in [3.05, 3.63) is 0 Å². The lowest BCUT2D eigenvalue weighted by atomic mass is 9.97. The molecular weight excluding hydrogens is 258 g/mol. The number of nitrogens with zero attached hydrogens (tertiary/aromatic N) is 1. The first-order valence-electron chi connectivity index (χ1n) is 5.78. The van der Waals surface area contributed by atoms with Crippen molar-refractivity contribution in [3.63, 3.8) is 0 Å². The molecule has 18 heavy (non-hydrogen) atoms. The van der Waals surface area contributed by atoms with Gasteiger partial charge in [-0.15, -0.1) is 0 Å². The lowest BCUT2D eigenvalue weighted by Crippen LogP contribution is -2.45. The number of hydrogen-bond donors (Lipinski definition) is 1. The average molecular weight is 282 g/mol. The summed E-state index contributed by atoms with van der Waals surface area (Å²) in [5, 5.41) is 0. The van der Waals surface area contributed by atoms with E-state index in [4.69, 9.17) is 9.29 Å². The Morgan fingerprint density at radius 3 is 2.11 bits per heavy atom. The Hall–Kier alpha value is -0.660. The van der Waals surface area contributed by atoms with Gasteiger partial charge in [0.2, 0.25) is 0 Å². The quantitative estimate of drug-likeness (QED) is 0.437. The monoisotopic (exact) mass is 282 g/mol. The van der Waals surface area contributed by atoms with Gasteiger partial charge in [-0.05, 0) is 20.8 Å². The van der Waals surface area contributed by atoms with Crippen LogP contribution in [0.1, 0.15) is 20.8 Å². The maximum Gasteiger partial charge on any atom is 0.311 e. The number of carbonyl (C=O) groups is 1. The van der Waals surface area contributed by atoms with Gasteiger partial charge in [-0.1, -0.05) is 0 Å². The lowest BCUT2D eigenvalue weighted by molar-refractivity contribution is -0.888. The van der Waals surface area contributed by atoms with Crippen LogP contribution in [-0.4, -0.2) is 63.0 Å². The second-order valence-electron chi connectivity index (χ2n) is 6.05. The molecule has 0 aromatic heterocycles. The van der Waals surface area contributed by atoms with Gasteiger partial charge in [-0.2, -0.15) is 8.42 Å². The molecule has 0 aliphatic carbocycles. The minimum Gasteiger partial charge on any atom is -0.459 e. The van der Waals surface area contributed by atoms with Gasteiger partial charge in [0.1, 0.15) is 18.9 Å². The molecule has 0 fully saturated rings. The van der Waals surface area contributed by atoms with Crippen LogP contribution < -0.4 is 0 Å². The smallest absolute Gasteiger partial charge is 0.311 e. The van der Waals surface area contributed by atoms with E-state index in [2.05, 4.69) is 0 Å². The maximum atomic E-state index is 11.5. The number of rotatable bonds is 6. The van der Waals surface area contributed by atoms with Crippen LogP contribution in [0.3, 0.4) is 0 Å². The van der Waals surface area contributed by atoms with Gasteiger partial charge in [-0.3, -0.25) is 9.35 Å². The van der Waals surface area contributed by atoms with Crippen molar-refractivity contribution in [1.82, 2.24) is 0 Å². The maximum absolute atomic E-state index is 11.5. The Morgan fingerprint density at radius 2 is 1.72 bits per heavy atom. The van der Waals surface area contributed by atoms with Crippen molar-refractivity contribution in [2.24, 2.45) is 5.41 Å². The van der Waals surface area contributed by atoms with E-state index in [1.165, 1.54) is 0 Å². The first kappa shape index (κ1) is 17.3. The number of quaternary nitrogens is 1. The predicted molar refractivity (Wildman–Crippen MR) is 68.7 cm³/mol. The highest BCUT2D eigenvalue weighted by molar-refractivity contribution is 7.85. The molecule has 0 unspecified atom stereocenters. The summed E-state index contributed by atoms with van der Waals surface area (Å²) in [6.07, 6.45) is 0. The molecule has 0 rings (SSSR count). The molecule has 0 saturated carbocycles. The summed E-state index contributed by atoms with van der Waals surface area (Å²) in [5.74, 6) is -0.579. The van der Waals surface area contributed by atoms with Gasteiger partial charge in [-0.25, -0.2) is 0 Å². The summed E-state index contributed by atoms with van der Waals surface area (Å²) in [6, 6.07) is 0. The molecule has 0 aromatic carbocycles. The zero-order valence-electron chi connectivity index (χ0n) is 11.8. The SMILES string of the molecule is CC(C)(C)C(=O)OCC[N+](C)(C)CCS(=O)(=O)O. The standard InChI is InChI=1S/C11H23NO5S/c1-11(2,3)10(13)17-8-6-12(4,5)7-9-18(14,15)16/h6-9H2,1-5H3/p+1. The lowest BCUT2D eigenvalue weighted by Gasteiger charge is -2.29. The second kappa shape index (κ2) is 5.99. The number of carbonyl (C=O) groups excluding carboxylic acids is 1. The van der Waals surface area contributed by atoms with Crippen molar-refractivity contribution in [3.8, 4) is 0 Å². The molecule has 0 amide bonds. The molecule has 0 saturated heterocycles. The molecule has 6 nitrogen and oxygen atoms in total. The highest BCUT2D eigenvalue weighted by Crippen LogP contribution is 2.15. The summed E-state index contributed by atoms with van der Waals surface area (Å²) in [5.41, 5.74) is -0.536. The van der Waals surface area contributed by atoms with Crippen molar-refractivity contribution >= 4 is 16.1 Å². The van der Waals surface area contributed by atoms with Crippen LogP contribution in [0.25, 0.3) is 0 Å². The molecule has 108 valence electrons. The van der Waals surface area contributed by atoms with E-state index < -0.39 is 15.5 Å². The molecule has 0 spiro atoms. The van der Waals surface area contributed by atoms with E-state index in [0.29, 0.717) is 11.0 Å². The van der Waals surface area contributed by atoms with Gasteiger partial charge < -0.3 is 9.22 Å². The molecular formula is C11H24NO5S+. The van der Waals surface area contributed by atoms with Crippen LogP contribution >= 0.6 is 0 Å². The van der Waals surface area contributed by atoms with Crippen molar-refractivity contribution < 1.29 is 27.0 Å². The number of hydrogen-bond acceptors (Lipinski definition) is 4. The van der Waals surface area contributed by atoms with E-state index in [0.717, 1.165) is 0 Å². The van der Waals surface area contributed by atoms with E-state index in [-0.39, 0.29) is 24.9 Å². The highest BCUT2D eigenvalue weighted by atomic mass is 32.2. The Kier molecular flexibility index (Phi) is 5.77. The molecule has 0 aromatic rings. The molecule has 1 N–H and O–H groups in total. The normalized spacial score (nSPS) is 13.4. The molecule has 0 radical (unpaired) electrons. The minimum absolute atomic E-state index is 0.231. The fourth-order valence-electron chi connectivity index (χ4n) is 1.08. The molecule has 0 aliphatic rings. The Balaban J connectivity index is 4.09. The highest BCUT2D eigenvalue weighted by Gasteiger charge is 2.24. The van der Waals surface area contributed by atoms with Crippen LogP contribution in [0.5, 0.6) is 0 Å². The Bertz CT molecular complexity index is 381. The summed E-state index contributed by atoms with van der Waals surface area (Å²) in [6.45, 7) is 6.31. The van der Waals surface area contributed by atoms with Crippen molar-refractivity contribution in [2.45, 2.75) is 20.8 Å². The third-order valence-electron chi connectivity index (χ3n) is 2.50. The Labute approximate surface area is 109 Å². The molecule has 0 heterocycles. The van der Waals surface area contributed by atoms with Crippen LogP contribution in [-0.2, 0) is 19.6 Å². The fourth-order valence-corrected chi connectivity index (χ4v) is 1.80. The van der Waals surface area contributed by atoms with Gasteiger partial charge in [0.05, 0.1) is 26.1 Å². The molecule has 7 heteroatoms. The Morgan fingerprint density at radius 1 is 1.22 bits per heavy atom. The van der Waals surface area contributed by atoms with Gasteiger partial charge in [0.15, 0.2) is 0 Å². The second-order valence-corrected chi connectivity index (χ2v) is 7.63. The third kappa shape index (κ3) is 8.43. The minimum atomic E-state index is -3.95. The van der Waals surface area contributed by atoms with Gasteiger partial charge in [0, 0.05) is 0 Å². The molecule has 0 aliphatic heterocycles. The summed E-state index contributed by atoms with van der Waals surface area (Å²) in [4.78, 5) is 11.5. The van der Waals surface area contributed by atoms with Crippen LogP contribution in [0.4, 0.5) is 0 Å². The number of ether oxygens (including phenoxy) is 1. The zero-order valence-corrected chi connectivity index (χ0v) is 12.6. The topological polar surface area (TPSA) is 80.7 Å². The number of likely N-dealkylation sites (N-methyl/N-ethyl adjacent to an activating group) is 1. The third-order valence-corrected chi connectivity index (χ3v) is 3.20. The van der Waals surface area contributed by atoms with Crippen LogP contribution in [0.15, 0.2) is 0 Å². The van der Waals surface area contributed by atoms with Crippen molar-refractivity contribution in [1.29, 1.82) is 0 Å². The van der Waals surface area contributed by atoms with Crippen LogP contribution in [0, 0.1) is 5.41 Å². The van der Waals surface area contributed by atoms with E-state index in [9.17, 15) is 13.2 Å². The molecule has 0 bridgehead atoms. The van der Waals surface area contributed by atoms with Crippen LogP contribution in [0.2, 0.25) is 0 Å². The van der Waals surface area contributed by atoms with Crippen molar-refractivity contribution in [2.75, 3.05) is 39.5 Å². The van der Waals surface area contributed by atoms with E-state index in [1.54, 1.807) is 20.8 Å². The first-order valence-corrected chi connectivity index (χ1v) is 7.39.